The Morgan fingerprint density at radius 1 is 1.24 bits per heavy atom. The lowest BCUT2D eigenvalue weighted by molar-refractivity contribution is 0.0299. The highest BCUT2D eigenvalue weighted by Gasteiger charge is 2.12. The van der Waals surface area contributed by atoms with E-state index in [1.54, 1.807) is 12.1 Å². The molecule has 0 amide bonds. The molecule has 0 saturated heterocycles. The predicted octanol–water partition coefficient (Wildman–Crippen LogP) is 2.74. The van der Waals surface area contributed by atoms with Gasteiger partial charge in [0.15, 0.2) is 0 Å². The van der Waals surface area contributed by atoms with Crippen LogP contribution in [0, 0.1) is 5.92 Å². The summed E-state index contributed by atoms with van der Waals surface area (Å²) >= 11 is 0. The van der Waals surface area contributed by atoms with Crippen molar-refractivity contribution in [2.75, 3.05) is 0 Å². The molecule has 0 aliphatic carbocycles. The summed E-state index contributed by atoms with van der Waals surface area (Å²) in [6.45, 7) is 6.63. The van der Waals surface area contributed by atoms with E-state index >= 15 is 0 Å². The second kappa shape index (κ2) is 6.40. The normalized spacial score (nSPS) is 12.5. The number of hydrogen-bond donors (Lipinski definition) is 1. The summed E-state index contributed by atoms with van der Waals surface area (Å²) in [4.78, 5) is 11.8. The molecule has 0 aliphatic heterocycles. The van der Waals surface area contributed by atoms with Gasteiger partial charge >= 0.3 is 5.97 Å². The molecule has 1 atom stereocenters. The van der Waals surface area contributed by atoms with E-state index in [1.165, 1.54) is 0 Å². The summed E-state index contributed by atoms with van der Waals surface area (Å²) < 4.78 is 5.35. The van der Waals surface area contributed by atoms with Gasteiger partial charge in [-0.15, -0.1) is 0 Å². The summed E-state index contributed by atoms with van der Waals surface area (Å²) in [6, 6.07) is 7.21. The van der Waals surface area contributed by atoms with E-state index in [1.807, 2.05) is 19.1 Å². The molecular formula is C14H21NO2. The SMILES string of the molecule is CC(C)CC(C)OC(=O)c1ccc(CN)cc1. The lowest BCUT2D eigenvalue weighted by Gasteiger charge is -2.15. The molecule has 0 heterocycles. The summed E-state index contributed by atoms with van der Waals surface area (Å²) in [5, 5.41) is 0. The first-order valence-electron chi connectivity index (χ1n) is 6.03. The van der Waals surface area contributed by atoms with E-state index in [0.29, 0.717) is 18.0 Å². The van der Waals surface area contributed by atoms with Crippen LogP contribution >= 0.6 is 0 Å². The van der Waals surface area contributed by atoms with Gasteiger partial charge in [0.25, 0.3) is 0 Å². The maximum absolute atomic E-state index is 11.8. The lowest BCUT2D eigenvalue weighted by Crippen LogP contribution is -2.17. The highest BCUT2D eigenvalue weighted by molar-refractivity contribution is 5.89. The zero-order valence-corrected chi connectivity index (χ0v) is 10.8. The number of nitrogens with two attached hydrogens (primary N) is 1. The number of benzene rings is 1. The van der Waals surface area contributed by atoms with Crippen molar-refractivity contribution >= 4 is 5.97 Å². The third kappa shape index (κ3) is 4.57. The molecule has 94 valence electrons. The fraction of sp³-hybridized carbons (Fsp3) is 0.500. The van der Waals surface area contributed by atoms with Crippen molar-refractivity contribution in [3.63, 3.8) is 0 Å². The lowest BCUT2D eigenvalue weighted by atomic mass is 10.1. The summed E-state index contributed by atoms with van der Waals surface area (Å²) in [7, 11) is 0. The van der Waals surface area contributed by atoms with Crippen LogP contribution in [0.5, 0.6) is 0 Å². The van der Waals surface area contributed by atoms with Gasteiger partial charge in [-0.3, -0.25) is 0 Å². The largest absolute Gasteiger partial charge is 0.459 e. The number of hydrogen-bond acceptors (Lipinski definition) is 3. The molecule has 3 nitrogen and oxygen atoms in total. The molecule has 0 aliphatic rings. The van der Waals surface area contributed by atoms with Gasteiger partial charge in [0.1, 0.15) is 0 Å². The van der Waals surface area contributed by atoms with Crippen LogP contribution in [0.1, 0.15) is 43.1 Å². The van der Waals surface area contributed by atoms with Crippen molar-refractivity contribution in [1.29, 1.82) is 0 Å². The van der Waals surface area contributed by atoms with Gasteiger partial charge in [0.05, 0.1) is 11.7 Å². The molecule has 0 aromatic heterocycles. The van der Waals surface area contributed by atoms with E-state index in [9.17, 15) is 4.79 Å². The average molecular weight is 235 g/mol. The third-order valence-electron chi connectivity index (χ3n) is 2.54. The van der Waals surface area contributed by atoms with Crippen molar-refractivity contribution in [2.24, 2.45) is 11.7 Å². The molecule has 0 fully saturated rings. The zero-order chi connectivity index (χ0) is 12.8. The molecule has 2 N–H and O–H groups in total. The highest BCUT2D eigenvalue weighted by Crippen LogP contribution is 2.11. The van der Waals surface area contributed by atoms with E-state index in [-0.39, 0.29) is 12.1 Å². The van der Waals surface area contributed by atoms with Crippen molar-refractivity contribution < 1.29 is 9.53 Å². The van der Waals surface area contributed by atoms with Gasteiger partial charge in [0.2, 0.25) is 0 Å². The first-order chi connectivity index (χ1) is 8.02. The first-order valence-corrected chi connectivity index (χ1v) is 6.03. The second-order valence-corrected chi connectivity index (χ2v) is 4.75. The number of esters is 1. The summed E-state index contributed by atoms with van der Waals surface area (Å²) in [5.41, 5.74) is 7.09. The number of carbonyl (C=O) groups excluding carboxylic acids is 1. The van der Waals surface area contributed by atoms with Crippen molar-refractivity contribution in [1.82, 2.24) is 0 Å². The molecule has 0 bridgehead atoms. The van der Waals surface area contributed by atoms with Gasteiger partial charge in [-0.2, -0.15) is 0 Å². The van der Waals surface area contributed by atoms with Crippen LogP contribution in [0.25, 0.3) is 0 Å². The number of ether oxygens (including phenoxy) is 1. The highest BCUT2D eigenvalue weighted by atomic mass is 16.5. The number of carbonyl (C=O) groups is 1. The molecule has 1 aromatic carbocycles. The Labute approximate surface area is 103 Å². The predicted molar refractivity (Wildman–Crippen MR) is 68.7 cm³/mol. The van der Waals surface area contributed by atoms with Crippen molar-refractivity contribution in [2.45, 2.75) is 39.8 Å². The smallest absolute Gasteiger partial charge is 0.338 e. The molecular weight excluding hydrogens is 214 g/mol. The molecule has 17 heavy (non-hydrogen) atoms. The fourth-order valence-electron chi connectivity index (χ4n) is 1.74. The maximum Gasteiger partial charge on any atom is 0.338 e. The van der Waals surface area contributed by atoms with Crippen molar-refractivity contribution in [3.8, 4) is 0 Å². The Morgan fingerprint density at radius 3 is 2.29 bits per heavy atom. The van der Waals surface area contributed by atoms with Gasteiger partial charge in [0, 0.05) is 6.54 Å². The Morgan fingerprint density at radius 2 is 1.82 bits per heavy atom. The van der Waals surface area contributed by atoms with Crippen LogP contribution in [0.2, 0.25) is 0 Å². The Bertz CT molecular complexity index is 357. The van der Waals surface area contributed by atoms with Gasteiger partial charge in [-0.25, -0.2) is 4.79 Å². The van der Waals surface area contributed by atoms with Crippen LogP contribution in [0.4, 0.5) is 0 Å². The topological polar surface area (TPSA) is 52.3 Å². The molecule has 1 unspecified atom stereocenters. The van der Waals surface area contributed by atoms with Gasteiger partial charge in [-0.1, -0.05) is 26.0 Å². The van der Waals surface area contributed by atoms with Crippen LogP contribution in [0.3, 0.4) is 0 Å². The molecule has 0 saturated carbocycles. The van der Waals surface area contributed by atoms with Crippen LogP contribution < -0.4 is 5.73 Å². The second-order valence-electron chi connectivity index (χ2n) is 4.75. The van der Waals surface area contributed by atoms with Crippen molar-refractivity contribution in [3.05, 3.63) is 35.4 Å². The number of rotatable bonds is 5. The maximum atomic E-state index is 11.8. The van der Waals surface area contributed by atoms with E-state index in [0.717, 1.165) is 12.0 Å². The minimum Gasteiger partial charge on any atom is -0.459 e. The Balaban J connectivity index is 2.57. The molecule has 3 heteroatoms. The van der Waals surface area contributed by atoms with E-state index < -0.39 is 0 Å². The van der Waals surface area contributed by atoms with Gasteiger partial charge in [-0.05, 0) is 37.0 Å². The third-order valence-corrected chi connectivity index (χ3v) is 2.54. The zero-order valence-electron chi connectivity index (χ0n) is 10.8. The monoisotopic (exact) mass is 235 g/mol. The Kier molecular flexibility index (Phi) is 5.16. The first kappa shape index (κ1) is 13.7. The minimum atomic E-state index is -0.262. The van der Waals surface area contributed by atoms with Gasteiger partial charge < -0.3 is 10.5 Å². The van der Waals surface area contributed by atoms with E-state index in [2.05, 4.69) is 13.8 Å². The molecule has 1 rings (SSSR count). The quantitative estimate of drug-likeness (QED) is 0.798. The van der Waals surface area contributed by atoms with Crippen LogP contribution in [0.15, 0.2) is 24.3 Å². The molecule has 0 spiro atoms. The Hall–Kier alpha value is -1.35. The average Bonchev–Trinajstić information content (AvgIpc) is 2.28. The summed E-state index contributed by atoms with van der Waals surface area (Å²) in [5.74, 6) is 0.263. The fourth-order valence-corrected chi connectivity index (χ4v) is 1.74. The van der Waals surface area contributed by atoms with Crippen LogP contribution in [-0.2, 0) is 11.3 Å². The standard InChI is InChI=1S/C14H21NO2/c1-10(2)8-11(3)17-14(16)13-6-4-12(9-15)5-7-13/h4-7,10-11H,8-9,15H2,1-3H3. The molecule has 0 radical (unpaired) electrons. The van der Waals surface area contributed by atoms with E-state index in [4.69, 9.17) is 10.5 Å². The summed E-state index contributed by atoms with van der Waals surface area (Å²) in [6.07, 6.45) is 0.837. The van der Waals surface area contributed by atoms with Crippen LogP contribution in [-0.4, -0.2) is 12.1 Å². The minimum absolute atomic E-state index is 0.0447. The molecule has 1 aromatic rings.